The van der Waals surface area contributed by atoms with Crippen LogP contribution in [-0.2, 0) is 0 Å². The minimum Gasteiger partial charge on any atom is -0.309 e. The van der Waals surface area contributed by atoms with Crippen molar-refractivity contribution in [2.75, 3.05) is 0 Å². The van der Waals surface area contributed by atoms with Gasteiger partial charge < -0.3 is 13.7 Å². The molecule has 486 valence electrons. The first-order valence-electron chi connectivity index (χ1n) is 35.2. The first kappa shape index (κ1) is 59.9. The average Bonchev–Trinajstić information content (AvgIpc) is 1.50. The van der Waals surface area contributed by atoms with Crippen molar-refractivity contribution >= 4 is 98.3 Å². The van der Waals surface area contributed by atoms with Gasteiger partial charge >= 0.3 is 0 Å². The molecule has 0 unspecified atom stereocenters. The van der Waals surface area contributed by atoms with E-state index in [4.69, 9.17) is 24.9 Å². The van der Waals surface area contributed by atoms with Crippen LogP contribution in [0.3, 0.4) is 0 Å². The SMILES string of the molecule is c1ccc(-c2nc(-c3ccccc3)nc(-n3c4ccccc4c4c(-c5ccccc5)c5c6ccccc6n(-c6ccccc6)c5c(-c5ccccc5)c43)n2)cc1.c1ccc(-c2nc3ccccc3nc2-c2ccc(-n3c4ccccc4c4cc5c6ccccc6n(-c6ccccc6)c5cc43)cc2)cc1. The quantitative estimate of drug-likeness (QED) is 0.136. The van der Waals surface area contributed by atoms with Crippen molar-refractivity contribution in [2.45, 2.75) is 0 Å². The number of rotatable bonds is 10. The number of hydrogen-bond acceptors (Lipinski definition) is 5. The molecule has 6 heterocycles. The summed E-state index contributed by atoms with van der Waals surface area (Å²) in [6, 6.07) is 130. The van der Waals surface area contributed by atoms with Gasteiger partial charge in [0.2, 0.25) is 5.95 Å². The number of nitrogens with zero attached hydrogens (tertiary/aromatic N) is 9. The van der Waals surface area contributed by atoms with E-state index in [1.165, 1.54) is 59.9 Å². The number of hydrogen-bond donors (Lipinski definition) is 0. The van der Waals surface area contributed by atoms with E-state index in [0.29, 0.717) is 17.6 Å². The Kier molecular flexibility index (Phi) is 14.4. The maximum atomic E-state index is 5.35. The third kappa shape index (κ3) is 9.89. The third-order valence-electron chi connectivity index (χ3n) is 20.2. The molecule has 6 aromatic heterocycles. The summed E-state index contributed by atoms with van der Waals surface area (Å²) in [6.07, 6.45) is 0. The highest BCUT2D eigenvalue weighted by molar-refractivity contribution is 6.33. The van der Waals surface area contributed by atoms with E-state index < -0.39 is 0 Å². The van der Waals surface area contributed by atoms with Crippen molar-refractivity contribution in [1.82, 2.24) is 43.2 Å². The Bertz CT molecular complexity index is 6790. The number of para-hydroxylation sites is 8. The molecule has 0 radical (unpaired) electrons. The Morgan fingerprint density at radius 3 is 0.981 bits per heavy atom. The Balaban J connectivity index is 0.000000140. The van der Waals surface area contributed by atoms with Crippen molar-refractivity contribution in [3.05, 3.63) is 370 Å². The van der Waals surface area contributed by atoms with Gasteiger partial charge in [0.25, 0.3) is 0 Å². The summed E-state index contributed by atoms with van der Waals surface area (Å²) in [6.45, 7) is 0. The lowest BCUT2D eigenvalue weighted by molar-refractivity contribution is 0.954. The molecule has 15 aromatic carbocycles. The molecular formula is C95H61N9. The Labute approximate surface area is 598 Å². The van der Waals surface area contributed by atoms with Crippen molar-refractivity contribution in [3.63, 3.8) is 0 Å². The van der Waals surface area contributed by atoms with Crippen LogP contribution in [0.25, 0.3) is 189 Å². The largest absolute Gasteiger partial charge is 0.309 e. The topological polar surface area (TPSA) is 84.2 Å². The zero-order chi connectivity index (χ0) is 68.6. The molecule has 0 bridgehead atoms. The van der Waals surface area contributed by atoms with Gasteiger partial charge in [-0.25, -0.2) is 15.0 Å². The number of fused-ring (bicyclic) bond motifs is 13. The van der Waals surface area contributed by atoms with Gasteiger partial charge in [0, 0.05) is 93.5 Å². The molecule has 0 aliphatic rings. The molecule has 0 atom stereocenters. The highest BCUT2D eigenvalue weighted by atomic mass is 15.2. The smallest absolute Gasteiger partial charge is 0.238 e. The van der Waals surface area contributed by atoms with Gasteiger partial charge in [0.05, 0.1) is 66.6 Å². The Hall–Kier alpha value is -14.2. The van der Waals surface area contributed by atoms with E-state index in [9.17, 15) is 0 Å². The molecule has 9 nitrogen and oxygen atoms in total. The standard InChI is InChI=1S/C51H33N5.C44H28N4/c1-6-20-34(21-7-1)43-45-39-30-16-18-32-41(39)55(38-28-14-5-15-29-38)47(45)44(35-22-8-2-9-23-35)48-46(43)40-31-17-19-33-42(40)56(48)51-53-49(36-24-10-3-11-25-36)52-50(54-51)37-26-12-4-13-27-37;1-3-13-29(14-4-1)43-44(46-38-20-10-9-19-37(38)45-43)30-23-25-32(26-24-30)48-40-22-12-8-18-34(40)36-27-35-33-17-7-11-21-39(33)47(41(35)28-42(36)48)31-15-5-2-6-16-31/h1-33H;1-28H. The summed E-state index contributed by atoms with van der Waals surface area (Å²) in [4.78, 5) is 26.0. The maximum Gasteiger partial charge on any atom is 0.238 e. The van der Waals surface area contributed by atoms with Crippen LogP contribution in [0.2, 0.25) is 0 Å². The minimum absolute atomic E-state index is 0.557. The van der Waals surface area contributed by atoms with Crippen LogP contribution >= 0.6 is 0 Å². The van der Waals surface area contributed by atoms with E-state index in [1.54, 1.807) is 0 Å². The van der Waals surface area contributed by atoms with Crippen LogP contribution in [0, 0.1) is 0 Å². The lowest BCUT2D eigenvalue weighted by atomic mass is 9.89. The van der Waals surface area contributed by atoms with Crippen molar-refractivity contribution < 1.29 is 0 Å². The first-order chi connectivity index (χ1) is 51.6. The van der Waals surface area contributed by atoms with Crippen molar-refractivity contribution in [1.29, 1.82) is 0 Å². The molecule has 0 fully saturated rings. The van der Waals surface area contributed by atoms with Gasteiger partial charge in [-0.15, -0.1) is 0 Å². The van der Waals surface area contributed by atoms with Crippen LogP contribution in [-0.4, -0.2) is 43.2 Å². The van der Waals surface area contributed by atoms with Crippen LogP contribution in [0.1, 0.15) is 0 Å². The Morgan fingerprint density at radius 1 is 0.192 bits per heavy atom. The van der Waals surface area contributed by atoms with Crippen molar-refractivity contribution in [2.24, 2.45) is 0 Å². The molecule has 0 saturated heterocycles. The lowest BCUT2D eigenvalue weighted by Gasteiger charge is -2.18. The van der Waals surface area contributed by atoms with Gasteiger partial charge in [-0.3, -0.25) is 4.57 Å². The van der Waals surface area contributed by atoms with Gasteiger partial charge in [0.1, 0.15) is 0 Å². The van der Waals surface area contributed by atoms with E-state index in [2.05, 4.69) is 322 Å². The highest BCUT2D eigenvalue weighted by Gasteiger charge is 2.30. The molecule has 21 aromatic rings. The summed E-state index contributed by atoms with van der Waals surface area (Å²) in [5, 5.41) is 9.66. The van der Waals surface area contributed by atoms with Gasteiger partial charge in [-0.2, -0.15) is 9.97 Å². The molecule has 0 aliphatic heterocycles. The summed E-state index contributed by atoms with van der Waals surface area (Å²) < 4.78 is 9.51. The summed E-state index contributed by atoms with van der Waals surface area (Å²) in [5.74, 6) is 1.79. The predicted octanol–water partition coefficient (Wildman–Crippen LogP) is 23.9. The first-order valence-corrected chi connectivity index (χ1v) is 35.2. The number of aromatic nitrogens is 9. The van der Waals surface area contributed by atoms with Crippen molar-refractivity contribution in [3.8, 4) is 90.6 Å². The number of benzene rings is 15. The molecule has 104 heavy (non-hydrogen) atoms. The highest BCUT2D eigenvalue weighted by Crippen LogP contribution is 2.52. The summed E-state index contributed by atoms with van der Waals surface area (Å²) in [5.41, 5.74) is 24.4. The van der Waals surface area contributed by atoms with E-state index >= 15 is 0 Å². The molecule has 0 spiro atoms. The monoisotopic (exact) mass is 1330 g/mol. The molecular weight excluding hydrogens is 1270 g/mol. The van der Waals surface area contributed by atoms with Crippen LogP contribution in [0.4, 0.5) is 0 Å². The van der Waals surface area contributed by atoms with Gasteiger partial charge in [-0.05, 0) is 96.1 Å². The molecule has 0 N–H and O–H groups in total. The van der Waals surface area contributed by atoms with Gasteiger partial charge in [-0.1, -0.05) is 285 Å². The van der Waals surface area contributed by atoms with Crippen LogP contribution in [0.5, 0.6) is 0 Å². The summed E-state index contributed by atoms with van der Waals surface area (Å²) >= 11 is 0. The lowest BCUT2D eigenvalue weighted by Crippen LogP contribution is -2.07. The van der Waals surface area contributed by atoms with Gasteiger partial charge in [0.15, 0.2) is 11.6 Å². The Morgan fingerprint density at radius 2 is 0.519 bits per heavy atom. The van der Waals surface area contributed by atoms with Crippen LogP contribution in [0.15, 0.2) is 370 Å². The van der Waals surface area contributed by atoms with E-state index in [0.717, 1.165) is 111 Å². The predicted molar refractivity (Wildman–Crippen MR) is 429 cm³/mol. The normalized spacial score (nSPS) is 11.7. The maximum absolute atomic E-state index is 5.35. The van der Waals surface area contributed by atoms with Crippen LogP contribution < -0.4 is 0 Å². The second kappa shape index (κ2) is 24.9. The fourth-order valence-corrected chi connectivity index (χ4v) is 15.8. The van der Waals surface area contributed by atoms with E-state index in [-0.39, 0.29) is 0 Å². The molecule has 9 heteroatoms. The molecule has 0 amide bonds. The average molecular weight is 1330 g/mol. The zero-order valence-corrected chi connectivity index (χ0v) is 56.2. The minimum atomic E-state index is 0.557. The molecule has 0 aliphatic carbocycles. The second-order valence-corrected chi connectivity index (χ2v) is 26.2. The molecule has 0 saturated carbocycles. The molecule has 21 rings (SSSR count). The fourth-order valence-electron chi connectivity index (χ4n) is 15.8. The fraction of sp³-hybridized carbons (Fsp3) is 0. The third-order valence-corrected chi connectivity index (χ3v) is 20.2. The van der Waals surface area contributed by atoms with E-state index in [1.807, 2.05) is 66.7 Å². The summed E-state index contributed by atoms with van der Waals surface area (Å²) in [7, 11) is 0. The zero-order valence-electron chi connectivity index (χ0n) is 56.2. The second-order valence-electron chi connectivity index (χ2n) is 26.2.